The summed E-state index contributed by atoms with van der Waals surface area (Å²) >= 11 is 4.51. The van der Waals surface area contributed by atoms with Gasteiger partial charge in [0.15, 0.2) is 8.68 Å². The number of hydrogen-bond donors (Lipinski definition) is 1. The molecule has 0 fully saturated rings. The highest BCUT2D eigenvalue weighted by molar-refractivity contribution is 8.03. The van der Waals surface area contributed by atoms with Crippen LogP contribution in [0.25, 0.3) is 0 Å². The van der Waals surface area contributed by atoms with Crippen LogP contribution in [0.4, 0.5) is 5.69 Å². The molecule has 0 spiro atoms. The van der Waals surface area contributed by atoms with Gasteiger partial charge in [-0.3, -0.25) is 4.79 Å². The average Bonchev–Trinajstić information content (AvgIpc) is 2.95. The van der Waals surface area contributed by atoms with E-state index in [0.29, 0.717) is 0 Å². The molecule has 1 N–H and O–H groups in total. The number of carbonyl (C=O) groups excluding carboxylic acids is 1. The molecule has 2 rings (SSSR count). The lowest BCUT2D eigenvalue weighted by Crippen LogP contribution is -2.22. The van der Waals surface area contributed by atoms with Gasteiger partial charge in [0.2, 0.25) is 5.91 Å². The minimum atomic E-state index is -0.210. The second-order valence-corrected chi connectivity index (χ2v) is 7.96. The zero-order valence-electron chi connectivity index (χ0n) is 12.1. The van der Waals surface area contributed by atoms with Crippen molar-refractivity contribution in [3.63, 3.8) is 0 Å². The number of hydrogen-bond acceptors (Lipinski definition) is 6. The van der Waals surface area contributed by atoms with E-state index in [1.54, 1.807) is 11.8 Å². The Hall–Kier alpha value is -1.05. The number of rotatable bonds is 6. The van der Waals surface area contributed by atoms with Crippen LogP contribution in [0.2, 0.25) is 0 Å². The molecule has 0 radical (unpaired) electrons. The summed E-state index contributed by atoms with van der Waals surface area (Å²) in [5.41, 5.74) is 2.08. The quantitative estimate of drug-likeness (QED) is 0.808. The van der Waals surface area contributed by atoms with Crippen molar-refractivity contribution in [3.05, 3.63) is 29.8 Å². The van der Waals surface area contributed by atoms with Gasteiger partial charge < -0.3 is 5.32 Å². The van der Waals surface area contributed by atoms with Crippen LogP contribution >= 0.6 is 34.9 Å². The Kier molecular flexibility index (Phi) is 6.08. The molecule has 0 saturated heterocycles. The molecule has 0 saturated carbocycles. The molecule has 1 amide bonds. The van der Waals surface area contributed by atoms with E-state index >= 15 is 0 Å². The molecular formula is C14H17N3OS3. The van der Waals surface area contributed by atoms with Crippen LogP contribution < -0.4 is 5.32 Å². The minimum Gasteiger partial charge on any atom is -0.325 e. The molecule has 1 heterocycles. The molecule has 0 aliphatic rings. The summed E-state index contributed by atoms with van der Waals surface area (Å²) in [5.74, 6) is -0.0230. The first-order valence-corrected chi connectivity index (χ1v) is 9.48. The van der Waals surface area contributed by atoms with E-state index in [4.69, 9.17) is 0 Å². The zero-order valence-corrected chi connectivity index (χ0v) is 14.6. The predicted octanol–water partition coefficient (Wildman–Crippen LogP) is 3.94. The Balaban J connectivity index is 1.92. The van der Waals surface area contributed by atoms with E-state index in [9.17, 15) is 4.79 Å². The largest absolute Gasteiger partial charge is 0.325 e. The summed E-state index contributed by atoms with van der Waals surface area (Å²) in [6, 6.07) is 7.93. The fraction of sp³-hybridized carbons (Fsp3) is 0.357. The first-order chi connectivity index (χ1) is 10.1. The molecule has 0 bridgehead atoms. The van der Waals surface area contributed by atoms with Gasteiger partial charge in [0.25, 0.3) is 0 Å². The normalized spacial score (nSPS) is 12.1. The second kappa shape index (κ2) is 7.82. The molecule has 112 valence electrons. The van der Waals surface area contributed by atoms with E-state index in [1.165, 1.54) is 28.7 Å². The number of amides is 1. The van der Waals surface area contributed by atoms with Gasteiger partial charge in [-0.2, -0.15) is 0 Å². The molecule has 1 unspecified atom stereocenters. The third-order valence-electron chi connectivity index (χ3n) is 2.84. The van der Waals surface area contributed by atoms with Crippen LogP contribution in [-0.2, 0) is 11.2 Å². The molecule has 1 aromatic heterocycles. The number of nitrogens with one attached hydrogen (secondary N) is 1. The van der Waals surface area contributed by atoms with Gasteiger partial charge in [-0.05, 0) is 37.3 Å². The Labute approximate surface area is 137 Å². The summed E-state index contributed by atoms with van der Waals surface area (Å²) in [7, 11) is 0. The van der Waals surface area contributed by atoms with Gasteiger partial charge in [-0.15, -0.1) is 10.2 Å². The van der Waals surface area contributed by atoms with Gasteiger partial charge in [0, 0.05) is 5.69 Å². The standard InChI is InChI=1S/C14H17N3OS3/c1-4-10-5-7-11(8-6-10)15-12(18)9(2)20-14-17-16-13(19-3)21-14/h5-9H,4H2,1-3H3,(H,15,18). The maximum Gasteiger partial charge on any atom is 0.237 e. The number of nitrogens with zero attached hydrogens (tertiary/aromatic N) is 2. The van der Waals surface area contributed by atoms with Gasteiger partial charge in [0.05, 0.1) is 5.25 Å². The molecule has 2 aromatic rings. The van der Waals surface area contributed by atoms with Gasteiger partial charge in [-0.25, -0.2) is 0 Å². The first-order valence-electron chi connectivity index (χ1n) is 6.56. The SMILES string of the molecule is CCc1ccc(NC(=O)C(C)Sc2nnc(SC)s2)cc1. The average molecular weight is 340 g/mol. The number of thioether (sulfide) groups is 2. The summed E-state index contributed by atoms with van der Waals surface area (Å²) in [5, 5.41) is 10.8. The summed E-state index contributed by atoms with van der Waals surface area (Å²) in [6.07, 6.45) is 2.96. The number of aromatic nitrogens is 2. The maximum absolute atomic E-state index is 12.2. The minimum absolute atomic E-state index is 0.0230. The fourth-order valence-electron chi connectivity index (χ4n) is 1.60. The fourth-order valence-corrected chi connectivity index (χ4v) is 4.18. The van der Waals surface area contributed by atoms with E-state index in [0.717, 1.165) is 20.8 Å². The van der Waals surface area contributed by atoms with Crippen molar-refractivity contribution in [1.29, 1.82) is 0 Å². The van der Waals surface area contributed by atoms with Crippen molar-refractivity contribution in [2.75, 3.05) is 11.6 Å². The lowest BCUT2D eigenvalue weighted by Gasteiger charge is -2.10. The third kappa shape index (κ3) is 4.72. The Bertz CT molecular complexity index is 598. The first kappa shape index (κ1) is 16.3. The maximum atomic E-state index is 12.2. The van der Waals surface area contributed by atoms with Crippen LogP contribution in [0.5, 0.6) is 0 Å². The van der Waals surface area contributed by atoms with E-state index in [2.05, 4.69) is 22.4 Å². The molecule has 1 atom stereocenters. The number of carbonyl (C=O) groups is 1. The molecule has 0 aliphatic carbocycles. The van der Waals surface area contributed by atoms with Crippen LogP contribution in [0.15, 0.2) is 32.9 Å². The van der Waals surface area contributed by atoms with Crippen molar-refractivity contribution in [3.8, 4) is 0 Å². The van der Waals surface area contributed by atoms with Crippen molar-refractivity contribution in [1.82, 2.24) is 10.2 Å². The highest BCUT2D eigenvalue weighted by Gasteiger charge is 2.17. The van der Waals surface area contributed by atoms with E-state index in [-0.39, 0.29) is 11.2 Å². The Morgan fingerprint density at radius 2 is 1.95 bits per heavy atom. The van der Waals surface area contributed by atoms with Crippen LogP contribution in [0.1, 0.15) is 19.4 Å². The monoisotopic (exact) mass is 339 g/mol. The van der Waals surface area contributed by atoms with Crippen LogP contribution in [0.3, 0.4) is 0 Å². The highest BCUT2D eigenvalue weighted by Crippen LogP contribution is 2.30. The Morgan fingerprint density at radius 1 is 1.29 bits per heavy atom. The lowest BCUT2D eigenvalue weighted by molar-refractivity contribution is -0.115. The molecule has 21 heavy (non-hydrogen) atoms. The van der Waals surface area contributed by atoms with Gasteiger partial charge in [0.1, 0.15) is 0 Å². The van der Waals surface area contributed by atoms with E-state index < -0.39 is 0 Å². The van der Waals surface area contributed by atoms with Crippen molar-refractivity contribution in [2.24, 2.45) is 0 Å². The predicted molar refractivity (Wildman–Crippen MR) is 91.5 cm³/mol. The topological polar surface area (TPSA) is 54.9 Å². The summed E-state index contributed by atoms with van der Waals surface area (Å²) < 4.78 is 1.74. The summed E-state index contributed by atoms with van der Waals surface area (Å²) in [6.45, 7) is 3.98. The van der Waals surface area contributed by atoms with Crippen LogP contribution in [0, 0.1) is 0 Å². The van der Waals surface area contributed by atoms with Crippen molar-refractivity contribution in [2.45, 2.75) is 34.2 Å². The third-order valence-corrected chi connectivity index (χ3v) is 5.92. The number of benzene rings is 1. The van der Waals surface area contributed by atoms with Gasteiger partial charge in [-0.1, -0.05) is 53.9 Å². The molecule has 4 nitrogen and oxygen atoms in total. The van der Waals surface area contributed by atoms with E-state index in [1.807, 2.05) is 37.4 Å². The molecule has 0 aliphatic heterocycles. The van der Waals surface area contributed by atoms with Crippen molar-refractivity contribution >= 4 is 46.5 Å². The molecule has 7 heteroatoms. The van der Waals surface area contributed by atoms with Crippen LogP contribution in [-0.4, -0.2) is 27.6 Å². The Morgan fingerprint density at radius 3 is 2.52 bits per heavy atom. The summed E-state index contributed by atoms with van der Waals surface area (Å²) in [4.78, 5) is 12.2. The highest BCUT2D eigenvalue weighted by atomic mass is 32.2. The van der Waals surface area contributed by atoms with Gasteiger partial charge >= 0.3 is 0 Å². The second-order valence-electron chi connectivity index (χ2n) is 4.34. The lowest BCUT2D eigenvalue weighted by atomic mass is 10.1. The zero-order chi connectivity index (χ0) is 15.2. The van der Waals surface area contributed by atoms with Crippen molar-refractivity contribution < 1.29 is 4.79 Å². The number of aryl methyl sites for hydroxylation is 1. The molecule has 1 aromatic carbocycles. The number of anilines is 1. The molecular weight excluding hydrogens is 322 g/mol. The smallest absolute Gasteiger partial charge is 0.237 e.